The molecule has 2 aromatic rings. The van der Waals surface area contributed by atoms with E-state index in [4.69, 9.17) is 0 Å². The first-order valence-electron chi connectivity index (χ1n) is 5.29. The van der Waals surface area contributed by atoms with E-state index in [2.05, 4.69) is 20.5 Å². The zero-order valence-corrected chi connectivity index (χ0v) is 9.33. The summed E-state index contributed by atoms with van der Waals surface area (Å²) in [4.78, 5) is 4.10. The molecule has 0 atom stereocenters. The lowest BCUT2D eigenvalue weighted by atomic mass is 10.2. The van der Waals surface area contributed by atoms with Crippen molar-refractivity contribution in [3.63, 3.8) is 0 Å². The molecule has 96 valence electrons. The Balaban J connectivity index is 1.95. The van der Waals surface area contributed by atoms with Gasteiger partial charge >= 0.3 is 6.18 Å². The molecule has 0 aliphatic rings. The van der Waals surface area contributed by atoms with Gasteiger partial charge in [0.2, 0.25) is 0 Å². The molecular weight excluding hydrogens is 245 g/mol. The molecule has 0 aliphatic heterocycles. The second kappa shape index (κ2) is 5.18. The number of aromatic nitrogens is 3. The van der Waals surface area contributed by atoms with Crippen molar-refractivity contribution in [2.75, 3.05) is 6.54 Å². The fourth-order valence-corrected chi connectivity index (χ4v) is 1.41. The number of halogens is 3. The van der Waals surface area contributed by atoms with Crippen LogP contribution in [0.2, 0.25) is 0 Å². The molecule has 0 bridgehead atoms. The van der Waals surface area contributed by atoms with Crippen LogP contribution < -0.4 is 5.32 Å². The summed E-state index contributed by atoms with van der Waals surface area (Å²) < 4.78 is 35.8. The van der Waals surface area contributed by atoms with Crippen LogP contribution in [0.5, 0.6) is 0 Å². The molecule has 1 aromatic heterocycles. The average Bonchev–Trinajstić information content (AvgIpc) is 2.77. The molecule has 0 amide bonds. The quantitative estimate of drug-likeness (QED) is 0.881. The first-order valence-corrected chi connectivity index (χ1v) is 5.29. The maximum absolute atomic E-state index is 11.9. The third-order valence-electron chi connectivity index (χ3n) is 2.18. The molecule has 2 N–H and O–H groups in total. The number of aromatic amines is 1. The normalized spacial score (nSPS) is 11.7. The smallest absolute Gasteiger partial charge is 0.302 e. The molecule has 0 radical (unpaired) electrons. The highest BCUT2D eigenvalue weighted by Crippen LogP contribution is 2.14. The minimum Gasteiger partial charge on any atom is -0.302 e. The Bertz CT molecular complexity index is 492. The first kappa shape index (κ1) is 12.6. The summed E-state index contributed by atoms with van der Waals surface area (Å²) >= 11 is 0. The van der Waals surface area contributed by atoms with E-state index in [9.17, 15) is 13.2 Å². The number of alkyl halides is 3. The third-order valence-corrected chi connectivity index (χ3v) is 2.18. The van der Waals surface area contributed by atoms with E-state index >= 15 is 0 Å². The van der Waals surface area contributed by atoms with Gasteiger partial charge in [-0.3, -0.25) is 5.10 Å². The summed E-state index contributed by atoms with van der Waals surface area (Å²) in [7, 11) is 0. The Kier molecular flexibility index (Phi) is 3.61. The van der Waals surface area contributed by atoms with Crippen molar-refractivity contribution >= 4 is 0 Å². The Hall–Kier alpha value is -1.89. The van der Waals surface area contributed by atoms with Crippen LogP contribution >= 0.6 is 0 Å². The monoisotopic (exact) mass is 256 g/mol. The summed E-state index contributed by atoms with van der Waals surface area (Å²) in [6.07, 6.45) is -4.22. The number of hydrogen-bond donors (Lipinski definition) is 2. The van der Waals surface area contributed by atoms with Crippen molar-refractivity contribution in [3.8, 4) is 11.4 Å². The van der Waals surface area contributed by atoms with Crippen molar-refractivity contribution in [1.29, 1.82) is 0 Å². The molecule has 1 heterocycles. The molecule has 0 saturated carbocycles. The lowest BCUT2D eigenvalue weighted by Gasteiger charge is -2.05. The van der Waals surface area contributed by atoms with Gasteiger partial charge in [-0.05, 0) is 0 Å². The molecular formula is C11H11F3N4. The van der Waals surface area contributed by atoms with Crippen LogP contribution in [0.15, 0.2) is 30.3 Å². The predicted molar refractivity (Wildman–Crippen MR) is 59.6 cm³/mol. The van der Waals surface area contributed by atoms with Crippen molar-refractivity contribution < 1.29 is 13.2 Å². The highest BCUT2D eigenvalue weighted by molar-refractivity contribution is 5.53. The van der Waals surface area contributed by atoms with E-state index in [-0.39, 0.29) is 6.54 Å². The molecule has 1 aromatic carbocycles. The van der Waals surface area contributed by atoms with E-state index < -0.39 is 12.7 Å². The molecule has 0 spiro atoms. The number of nitrogens with one attached hydrogen (secondary N) is 2. The van der Waals surface area contributed by atoms with Crippen LogP contribution in [-0.4, -0.2) is 27.9 Å². The summed E-state index contributed by atoms with van der Waals surface area (Å²) in [5.41, 5.74) is 0.816. The molecule has 0 aliphatic carbocycles. The van der Waals surface area contributed by atoms with Gasteiger partial charge in [0.1, 0.15) is 5.82 Å². The second-order valence-electron chi connectivity index (χ2n) is 3.69. The van der Waals surface area contributed by atoms with Crippen molar-refractivity contribution in [3.05, 3.63) is 36.2 Å². The predicted octanol–water partition coefficient (Wildman–Crippen LogP) is 2.12. The third kappa shape index (κ3) is 3.56. The number of rotatable bonds is 4. The van der Waals surface area contributed by atoms with Crippen LogP contribution in [0.25, 0.3) is 11.4 Å². The van der Waals surface area contributed by atoms with Crippen LogP contribution in [-0.2, 0) is 6.54 Å². The van der Waals surface area contributed by atoms with Gasteiger partial charge < -0.3 is 5.32 Å². The highest BCUT2D eigenvalue weighted by atomic mass is 19.4. The standard InChI is InChI=1S/C11H11F3N4/c12-11(13,14)7-15-6-9-16-10(18-17-9)8-4-2-1-3-5-8/h1-5,15H,6-7H2,(H,16,17,18). The molecule has 18 heavy (non-hydrogen) atoms. The van der Waals surface area contributed by atoms with E-state index in [1.165, 1.54) is 0 Å². The van der Waals surface area contributed by atoms with Gasteiger partial charge in [-0.15, -0.1) is 0 Å². The molecule has 4 nitrogen and oxygen atoms in total. The number of nitrogens with zero attached hydrogens (tertiary/aromatic N) is 2. The summed E-state index contributed by atoms with van der Waals surface area (Å²) in [5.74, 6) is 0.845. The van der Waals surface area contributed by atoms with Gasteiger partial charge in [-0.2, -0.15) is 18.3 Å². The van der Waals surface area contributed by atoms with Crippen molar-refractivity contribution in [2.45, 2.75) is 12.7 Å². The number of benzene rings is 1. The molecule has 2 rings (SSSR count). The molecule has 7 heteroatoms. The fraction of sp³-hybridized carbons (Fsp3) is 0.273. The maximum Gasteiger partial charge on any atom is 0.401 e. The summed E-state index contributed by atoms with van der Waals surface area (Å²) in [6.45, 7) is -1.05. The molecule has 0 unspecified atom stereocenters. The lowest BCUT2D eigenvalue weighted by Crippen LogP contribution is -2.28. The van der Waals surface area contributed by atoms with Crippen LogP contribution in [0.4, 0.5) is 13.2 Å². The fourth-order valence-electron chi connectivity index (χ4n) is 1.41. The lowest BCUT2D eigenvalue weighted by molar-refractivity contribution is -0.125. The van der Waals surface area contributed by atoms with E-state index in [1.54, 1.807) is 0 Å². The summed E-state index contributed by atoms with van der Waals surface area (Å²) in [5, 5.41) is 8.79. The maximum atomic E-state index is 11.9. The first-order chi connectivity index (χ1) is 8.54. The van der Waals surface area contributed by atoms with Crippen molar-refractivity contribution in [1.82, 2.24) is 20.5 Å². The molecule has 0 fully saturated rings. The largest absolute Gasteiger partial charge is 0.401 e. The van der Waals surface area contributed by atoms with Gasteiger partial charge in [0, 0.05) is 5.56 Å². The summed E-state index contributed by atoms with van der Waals surface area (Å²) in [6, 6.07) is 9.20. The topological polar surface area (TPSA) is 53.6 Å². The van der Waals surface area contributed by atoms with E-state index in [0.29, 0.717) is 11.6 Å². The zero-order chi connectivity index (χ0) is 13.0. The van der Waals surface area contributed by atoms with Crippen LogP contribution in [0.1, 0.15) is 5.82 Å². The Morgan fingerprint density at radius 3 is 2.56 bits per heavy atom. The van der Waals surface area contributed by atoms with Gasteiger partial charge in [0.05, 0.1) is 13.1 Å². The Morgan fingerprint density at radius 1 is 1.17 bits per heavy atom. The van der Waals surface area contributed by atoms with Gasteiger partial charge in [0.25, 0.3) is 0 Å². The van der Waals surface area contributed by atoms with E-state index in [1.807, 2.05) is 30.3 Å². The second-order valence-corrected chi connectivity index (χ2v) is 3.69. The van der Waals surface area contributed by atoms with Crippen LogP contribution in [0.3, 0.4) is 0 Å². The van der Waals surface area contributed by atoms with Gasteiger partial charge in [0.15, 0.2) is 5.82 Å². The zero-order valence-electron chi connectivity index (χ0n) is 9.33. The Morgan fingerprint density at radius 2 is 1.89 bits per heavy atom. The molecule has 0 saturated heterocycles. The van der Waals surface area contributed by atoms with E-state index in [0.717, 1.165) is 5.56 Å². The average molecular weight is 256 g/mol. The highest BCUT2D eigenvalue weighted by Gasteiger charge is 2.26. The Labute approximate surface area is 101 Å². The number of hydrogen-bond acceptors (Lipinski definition) is 3. The minimum atomic E-state index is -4.22. The van der Waals surface area contributed by atoms with Gasteiger partial charge in [-0.25, -0.2) is 4.98 Å². The number of H-pyrrole nitrogens is 1. The van der Waals surface area contributed by atoms with Gasteiger partial charge in [-0.1, -0.05) is 30.3 Å². The SMILES string of the molecule is FC(F)(F)CNCc1nc(-c2ccccc2)n[nH]1. The van der Waals surface area contributed by atoms with Crippen molar-refractivity contribution in [2.24, 2.45) is 0 Å². The minimum absolute atomic E-state index is 0.000651. The van der Waals surface area contributed by atoms with Crippen LogP contribution in [0, 0.1) is 0 Å².